The predicted molar refractivity (Wildman–Crippen MR) is 69.2 cm³/mol. The Balaban J connectivity index is 1.86. The topological polar surface area (TPSA) is 21.3 Å². The van der Waals surface area contributed by atoms with Crippen molar-refractivity contribution in [1.29, 1.82) is 0 Å². The molecule has 1 N–H and O–H groups in total. The van der Waals surface area contributed by atoms with E-state index < -0.39 is 0 Å². The lowest BCUT2D eigenvalue weighted by atomic mass is 9.89. The molecule has 0 spiro atoms. The summed E-state index contributed by atoms with van der Waals surface area (Å²) in [6.45, 7) is 0. The fourth-order valence-electron chi connectivity index (χ4n) is 3.36. The van der Waals surface area contributed by atoms with E-state index in [0.29, 0.717) is 12.0 Å². The summed E-state index contributed by atoms with van der Waals surface area (Å²) in [6.07, 6.45) is 6.45. The van der Waals surface area contributed by atoms with Crippen LogP contribution in [0.5, 0.6) is 5.75 Å². The summed E-state index contributed by atoms with van der Waals surface area (Å²) in [6, 6.07) is 5.08. The maximum absolute atomic E-state index is 13.3. The summed E-state index contributed by atoms with van der Waals surface area (Å²) < 4.78 is 19.4. The normalized spacial score (nSPS) is 27.9. The van der Waals surface area contributed by atoms with Crippen molar-refractivity contribution in [2.24, 2.45) is 5.92 Å². The smallest absolute Gasteiger partial charge is 0.124 e. The lowest BCUT2D eigenvalue weighted by Crippen LogP contribution is -2.35. The Morgan fingerprint density at radius 1 is 1.28 bits per heavy atom. The molecule has 1 saturated carbocycles. The van der Waals surface area contributed by atoms with Crippen LogP contribution in [0, 0.1) is 11.7 Å². The van der Waals surface area contributed by atoms with Crippen LogP contribution in [-0.2, 0) is 0 Å². The molecule has 0 radical (unpaired) electrons. The Morgan fingerprint density at radius 3 is 2.78 bits per heavy atom. The Kier molecular flexibility index (Phi) is 3.25. The van der Waals surface area contributed by atoms with Gasteiger partial charge in [-0.2, -0.15) is 0 Å². The molecule has 0 bridgehead atoms. The molecule has 1 aliphatic heterocycles. The molecule has 0 amide bonds. The van der Waals surface area contributed by atoms with Crippen molar-refractivity contribution in [3.63, 3.8) is 0 Å². The van der Waals surface area contributed by atoms with Gasteiger partial charge >= 0.3 is 0 Å². The first-order chi connectivity index (χ1) is 8.78. The molecule has 1 heterocycles. The van der Waals surface area contributed by atoms with Gasteiger partial charge in [-0.25, -0.2) is 4.39 Å². The van der Waals surface area contributed by atoms with E-state index in [1.807, 2.05) is 7.05 Å². The van der Waals surface area contributed by atoms with Crippen molar-refractivity contribution < 1.29 is 9.13 Å². The quantitative estimate of drug-likeness (QED) is 0.867. The van der Waals surface area contributed by atoms with Crippen LogP contribution < -0.4 is 10.1 Å². The number of nitrogens with one attached hydrogen (secondary N) is 1. The van der Waals surface area contributed by atoms with E-state index in [1.54, 1.807) is 12.1 Å². The molecule has 1 aliphatic carbocycles. The average molecular weight is 249 g/mol. The number of hydrogen-bond donors (Lipinski definition) is 1. The first kappa shape index (κ1) is 12.0. The first-order valence-corrected chi connectivity index (χ1v) is 6.91. The van der Waals surface area contributed by atoms with Gasteiger partial charge in [0.05, 0.1) is 0 Å². The standard InChI is InChI=1S/C15H20FNO/c1-17-13-9-15(10-4-2-3-5-10)18-14-7-6-11(16)8-12(13)14/h6-8,10,13,15,17H,2-5,9H2,1H3. The maximum Gasteiger partial charge on any atom is 0.124 e. The zero-order chi connectivity index (χ0) is 12.5. The monoisotopic (exact) mass is 249 g/mol. The second kappa shape index (κ2) is 4.88. The SMILES string of the molecule is CNC1CC(C2CCCC2)Oc2ccc(F)cc21. The lowest BCUT2D eigenvalue weighted by Gasteiger charge is -2.35. The van der Waals surface area contributed by atoms with Gasteiger partial charge in [0.15, 0.2) is 0 Å². The lowest BCUT2D eigenvalue weighted by molar-refractivity contribution is 0.0960. The average Bonchev–Trinajstić information content (AvgIpc) is 2.91. The van der Waals surface area contributed by atoms with Crippen LogP contribution in [0.2, 0.25) is 0 Å². The Bertz CT molecular complexity index is 429. The van der Waals surface area contributed by atoms with E-state index in [0.717, 1.165) is 17.7 Å². The Morgan fingerprint density at radius 2 is 2.06 bits per heavy atom. The van der Waals surface area contributed by atoms with E-state index in [-0.39, 0.29) is 11.9 Å². The van der Waals surface area contributed by atoms with Crippen molar-refractivity contribution in [2.75, 3.05) is 7.05 Å². The largest absolute Gasteiger partial charge is 0.490 e. The molecule has 2 nitrogen and oxygen atoms in total. The molecule has 1 fully saturated rings. The number of ether oxygens (including phenoxy) is 1. The van der Waals surface area contributed by atoms with Crippen LogP contribution in [-0.4, -0.2) is 13.2 Å². The molecule has 18 heavy (non-hydrogen) atoms. The highest BCUT2D eigenvalue weighted by atomic mass is 19.1. The Hall–Kier alpha value is -1.09. The molecule has 2 atom stereocenters. The van der Waals surface area contributed by atoms with Gasteiger partial charge in [0, 0.05) is 18.0 Å². The zero-order valence-corrected chi connectivity index (χ0v) is 10.8. The van der Waals surface area contributed by atoms with Crippen molar-refractivity contribution in [2.45, 2.75) is 44.2 Å². The number of fused-ring (bicyclic) bond motifs is 1. The van der Waals surface area contributed by atoms with Crippen molar-refractivity contribution >= 4 is 0 Å². The van der Waals surface area contributed by atoms with Gasteiger partial charge in [-0.15, -0.1) is 0 Å². The zero-order valence-electron chi connectivity index (χ0n) is 10.8. The number of benzene rings is 1. The highest BCUT2D eigenvalue weighted by molar-refractivity contribution is 5.38. The highest BCUT2D eigenvalue weighted by Crippen LogP contribution is 2.40. The van der Waals surface area contributed by atoms with E-state index >= 15 is 0 Å². The first-order valence-electron chi connectivity index (χ1n) is 6.91. The molecular weight excluding hydrogens is 229 g/mol. The van der Waals surface area contributed by atoms with Crippen LogP contribution in [0.3, 0.4) is 0 Å². The third-order valence-electron chi connectivity index (χ3n) is 4.37. The molecule has 1 aromatic carbocycles. The fraction of sp³-hybridized carbons (Fsp3) is 0.600. The van der Waals surface area contributed by atoms with E-state index in [1.165, 1.54) is 31.7 Å². The van der Waals surface area contributed by atoms with Gasteiger partial charge in [-0.3, -0.25) is 0 Å². The van der Waals surface area contributed by atoms with Gasteiger partial charge in [0.2, 0.25) is 0 Å². The molecule has 1 aromatic rings. The van der Waals surface area contributed by atoms with Crippen LogP contribution in [0.4, 0.5) is 4.39 Å². The molecule has 98 valence electrons. The van der Waals surface area contributed by atoms with Gasteiger partial charge in [0.25, 0.3) is 0 Å². The minimum atomic E-state index is -0.183. The number of rotatable bonds is 2. The molecule has 0 saturated heterocycles. The van der Waals surface area contributed by atoms with Crippen LogP contribution in [0.25, 0.3) is 0 Å². The van der Waals surface area contributed by atoms with E-state index in [4.69, 9.17) is 4.74 Å². The second-order valence-corrected chi connectivity index (χ2v) is 5.46. The predicted octanol–water partition coefficient (Wildman–Crippen LogP) is 3.43. The van der Waals surface area contributed by atoms with Crippen molar-refractivity contribution in [3.05, 3.63) is 29.6 Å². The van der Waals surface area contributed by atoms with Crippen LogP contribution in [0.15, 0.2) is 18.2 Å². The molecule has 2 unspecified atom stereocenters. The maximum atomic E-state index is 13.3. The third-order valence-corrected chi connectivity index (χ3v) is 4.37. The molecular formula is C15H20FNO. The summed E-state index contributed by atoms with van der Waals surface area (Å²) in [5.41, 5.74) is 0.965. The molecule has 3 rings (SSSR count). The molecule has 2 aliphatic rings. The van der Waals surface area contributed by atoms with E-state index in [2.05, 4.69) is 5.32 Å². The third kappa shape index (κ3) is 2.12. The summed E-state index contributed by atoms with van der Waals surface area (Å²) in [4.78, 5) is 0. The molecule has 3 heteroatoms. The number of halogens is 1. The van der Waals surface area contributed by atoms with Gasteiger partial charge in [-0.05, 0) is 44.0 Å². The van der Waals surface area contributed by atoms with Crippen molar-refractivity contribution in [3.8, 4) is 5.75 Å². The van der Waals surface area contributed by atoms with Gasteiger partial charge < -0.3 is 10.1 Å². The van der Waals surface area contributed by atoms with E-state index in [9.17, 15) is 4.39 Å². The summed E-state index contributed by atoms with van der Waals surface area (Å²) in [5.74, 6) is 1.36. The van der Waals surface area contributed by atoms with Crippen LogP contribution >= 0.6 is 0 Å². The minimum Gasteiger partial charge on any atom is -0.490 e. The highest BCUT2D eigenvalue weighted by Gasteiger charge is 2.34. The van der Waals surface area contributed by atoms with Crippen molar-refractivity contribution in [1.82, 2.24) is 5.32 Å². The summed E-state index contributed by atoms with van der Waals surface area (Å²) in [7, 11) is 1.94. The minimum absolute atomic E-state index is 0.183. The number of hydrogen-bond acceptors (Lipinski definition) is 2. The van der Waals surface area contributed by atoms with Gasteiger partial charge in [0.1, 0.15) is 17.7 Å². The summed E-state index contributed by atoms with van der Waals surface area (Å²) >= 11 is 0. The van der Waals surface area contributed by atoms with Gasteiger partial charge in [-0.1, -0.05) is 12.8 Å². The second-order valence-electron chi connectivity index (χ2n) is 5.46. The fourth-order valence-corrected chi connectivity index (χ4v) is 3.36. The molecule has 0 aromatic heterocycles. The summed E-state index contributed by atoms with van der Waals surface area (Å²) in [5, 5.41) is 3.29. The van der Waals surface area contributed by atoms with Crippen LogP contribution in [0.1, 0.15) is 43.7 Å². The Labute approximate surface area is 108 Å².